The monoisotopic (exact) mass is 548 g/mol. The summed E-state index contributed by atoms with van der Waals surface area (Å²) in [5.74, 6) is 0.712. The topological polar surface area (TPSA) is 124 Å². The number of hydrogen-bond donors (Lipinski definition) is 2. The van der Waals surface area contributed by atoms with Crippen molar-refractivity contribution in [1.29, 1.82) is 0 Å². The van der Waals surface area contributed by atoms with Crippen molar-refractivity contribution in [1.82, 2.24) is 24.1 Å². The van der Waals surface area contributed by atoms with E-state index in [2.05, 4.69) is 15.2 Å². The van der Waals surface area contributed by atoms with Crippen LogP contribution in [0.15, 0.2) is 90.0 Å². The maximum atomic E-state index is 14.3. The Labute approximate surface area is 237 Å². The van der Waals surface area contributed by atoms with Gasteiger partial charge in [0.05, 0.1) is 13.1 Å². The van der Waals surface area contributed by atoms with Gasteiger partial charge in [-0.1, -0.05) is 60.7 Å². The van der Waals surface area contributed by atoms with Crippen LogP contribution >= 0.6 is 0 Å². The summed E-state index contributed by atoms with van der Waals surface area (Å²) >= 11 is 0. The largest absolute Gasteiger partial charge is 0.351 e. The molecule has 0 amide bonds. The van der Waals surface area contributed by atoms with Crippen LogP contribution in [-0.2, 0) is 19.6 Å². The first-order chi connectivity index (χ1) is 20.1. The Hall–Kier alpha value is -4.83. The summed E-state index contributed by atoms with van der Waals surface area (Å²) in [5.41, 5.74) is 9.15. The molecule has 4 heterocycles. The lowest BCUT2D eigenvalue weighted by Gasteiger charge is -2.31. The van der Waals surface area contributed by atoms with E-state index in [1.54, 1.807) is 18.3 Å². The molecule has 0 bridgehead atoms. The van der Waals surface area contributed by atoms with Crippen molar-refractivity contribution in [3.05, 3.63) is 112 Å². The second-order valence-corrected chi connectivity index (χ2v) is 10.3. The van der Waals surface area contributed by atoms with E-state index in [0.29, 0.717) is 42.3 Å². The second-order valence-electron chi connectivity index (χ2n) is 10.3. The van der Waals surface area contributed by atoms with E-state index in [1.165, 1.54) is 10.8 Å². The molecule has 6 rings (SSSR count). The van der Waals surface area contributed by atoms with Gasteiger partial charge in [-0.05, 0) is 36.1 Å². The smallest absolute Gasteiger partial charge is 0.281 e. The van der Waals surface area contributed by atoms with E-state index in [0.717, 1.165) is 30.5 Å². The summed E-state index contributed by atoms with van der Waals surface area (Å²) in [4.78, 5) is 43.5. The molecule has 1 aliphatic rings. The molecule has 0 radical (unpaired) electrons. The molecule has 2 aromatic carbocycles. The molecule has 10 nitrogen and oxygen atoms in total. The number of hydrogen-bond acceptors (Lipinski definition) is 8. The molecule has 1 aliphatic heterocycles. The van der Waals surface area contributed by atoms with Crippen LogP contribution in [0.1, 0.15) is 34.3 Å². The average molecular weight is 549 g/mol. The van der Waals surface area contributed by atoms with Gasteiger partial charge in [-0.2, -0.15) is 9.97 Å². The predicted molar refractivity (Wildman–Crippen MR) is 159 cm³/mol. The van der Waals surface area contributed by atoms with Crippen LogP contribution in [0, 0.1) is 0 Å². The number of nitrogens with zero attached hydrogens (tertiary/aromatic N) is 6. The number of anilines is 2. The number of rotatable bonds is 9. The minimum atomic E-state index is -0.334. The third kappa shape index (κ3) is 5.73. The number of nitrogens with two attached hydrogens (primary N) is 1. The van der Waals surface area contributed by atoms with Crippen LogP contribution in [-0.4, -0.2) is 49.0 Å². The Morgan fingerprint density at radius 2 is 1.71 bits per heavy atom. The number of carbonyl (C=O) groups excluding carboxylic acids is 1. The number of aromatic nitrogens is 5. The molecule has 1 fully saturated rings. The molecule has 5 aromatic rings. The zero-order valence-electron chi connectivity index (χ0n) is 22.7. The second kappa shape index (κ2) is 11.7. The number of imidazole rings is 1. The maximum Gasteiger partial charge on any atom is 0.281 e. The Morgan fingerprint density at radius 3 is 2.41 bits per heavy atom. The van der Waals surface area contributed by atoms with Gasteiger partial charge in [0.1, 0.15) is 0 Å². The van der Waals surface area contributed by atoms with Crippen LogP contribution < -0.4 is 21.5 Å². The molecule has 3 N–H and O–H groups in total. The highest BCUT2D eigenvalue weighted by atomic mass is 16.1. The van der Waals surface area contributed by atoms with Crippen molar-refractivity contribution in [2.24, 2.45) is 5.73 Å². The van der Waals surface area contributed by atoms with Crippen molar-refractivity contribution in [2.45, 2.75) is 38.5 Å². The number of ketones is 1. The number of piperidine rings is 1. The molecule has 10 heteroatoms. The number of nitrogens with one attached hydrogen (secondary N) is 1. The molecule has 41 heavy (non-hydrogen) atoms. The Morgan fingerprint density at radius 1 is 0.951 bits per heavy atom. The number of carbonyl (C=O) groups is 1. The highest BCUT2D eigenvalue weighted by molar-refractivity contribution is 5.95. The van der Waals surface area contributed by atoms with E-state index in [1.807, 2.05) is 65.2 Å². The summed E-state index contributed by atoms with van der Waals surface area (Å²) in [7, 11) is 0. The summed E-state index contributed by atoms with van der Waals surface area (Å²) in [5, 5.41) is 3.29. The Balaban J connectivity index is 1.49. The fourth-order valence-corrected chi connectivity index (χ4v) is 5.27. The maximum absolute atomic E-state index is 14.3. The zero-order valence-corrected chi connectivity index (χ0v) is 22.7. The van der Waals surface area contributed by atoms with E-state index < -0.39 is 0 Å². The van der Waals surface area contributed by atoms with E-state index >= 15 is 0 Å². The fourth-order valence-electron chi connectivity index (χ4n) is 5.27. The van der Waals surface area contributed by atoms with E-state index in [-0.39, 0.29) is 29.9 Å². The molecule has 3 aromatic heterocycles. The molecule has 1 saturated heterocycles. The first-order valence-corrected chi connectivity index (χ1v) is 13.8. The van der Waals surface area contributed by atoms with E-state index in [4.69, 9.17) is 15.7 Å². The van der Waals surface area contributed by atoms with Crippen molar-refractivity contribution < 1.29 is 4.79 Å². The fraction of sp³-hybridized carbons (Fsp3) is 0.258. The predicted octanol–water partition coefficient (Wildman–Crippen LogP) is 3.46. The van der Waals surface area contributed by atoms with Crippen molar-refractivity contribution in [3.63, 3.8) is 0 Å². The van der Waals surface area contributed by atoms with Gasteiger partial charge >= 0.3 is 0 Å². The quantitative estimate of drug-likeness (QED) is 0.269. The lowest BCUT2D eigenvalue weighted by Crippen LogP contribution is -2.44. The first-order valence-electron chi connectivity index (χ1n) is 13.8. The third-order valence-electron chi connectivity index (χ3n) is 7.35. The van der Waals surface area contributed by atoms with Crippen molar-refractivity contribution in [3.8, 4) is 0 Å². The van der Waals surface area contributed by atoms with Gasteiger partial charge in [-0.25, -0.2) is 0 Å². The van der Waals surface area contributed by atoms with Crippen molar-refractivity contribution >= 4 is 28.8 Å². The SMILES string of the molecule is NC1CCCN(c2nc3nc(NCc4ccccc4)n(CC(=O)c4cccnc4)c(=O)c3n2Cc2ccccc2)C1. The normalized spacial score (nSPS) is 15.2. The van der Waals surface area contributed by atoms with E-state index in [9.17, 15) is 9.59 Å². The van der Waals surface area contributed by atoms with Gasteiger partial charge in [-0.3, -0.25) is 23.7 Å². The Bertz CT molecular complexity index is 1700. The third-order valence-corrected chi connectivity index (χ3v) is 7.35. The van der Waals surface area contributed by atoms with Gasteiger partial charge in [0, 0.05) is 43.6 Å². The van der Waals surface area contributed by atoms with Gasteiger partial charge < -0.3 is 16.0 Å². The van der Waals surface area contributed by atoms with Crippen LogP contribution in [0.25, 0.3) is 11.2 Å². The van der Waals surface area contributed by atoms with Crippen LogP contribution in [0.4, 0.5) is 11.9 Å². The lowest BCUT2D eigenvalue weighted by molar-refractivity contribution is 0.0971. The first kappa shape index (κ1) is 26.4. The number of fused-ring (bicyclic) bond motifs is 1. The zero-order chi connectivity index (χ0) is 28.2. The molecule has 0 aliphatic carbocycles. The summed E-state index contributed by atoms with van der Waals surface area (Å²) < 4.78 is 3.33. The lowest BCUT2D eigenvalue weighted by atomic mass is 10.1. The summed E-state index contributed by atoms with van der Waals surface area (Å²) in [6, 6.07) is 23.2. The summed E-state index contributed by atoms with van der Waals surface area (Å²) in [6.45, 7) is 2.11. The average Bonchev–Trinajstić information content (AvgIpc) is 3.37. The molecule has 208 valence electrons. The van der Waals surface area contributed by atoms with Crippen molar-refractivity contribution in [2.75, 3.05) is 23.3 Å². The van der Waals surface area contributed by atoms with Crippen LogP contribution in [0.2, 0.25) is 0 Å². The van der Waals surface area contributed by atoms with Gasteiger partial charge in [-0.15, -0.1) is 0 Å². The number of Topliss-reactive ketones (excluding diaryl/α,β-unsaturated/α-hetero) is 1. The minimum Gasteiger partial charge on any atom is -0.351 e. The molecule has 0 spiro atoms. The highest BCUT2D eigenvalue weighted by Gasteiger charge is 2.26. The molecular formula is C31H32N8O2. The van der Waals surface area contributed by atoms with Crippen LogP contribution in [0.3, 0.4) is 0 Å². The number of pyridine rings is 1. The van der Waals surface area contributed by atoms with Gasteiger partial charge in [0.25, 0.3) is 5.56 Å². The van der Waals surface area contributed by atoms with Gasteiger partial charge in [0.2, 0.25) is 11.9 Å². The van der Waals surface area contributed by atoms with Gasteiger partial charge in [0.15, 0.2) is 16.9 Å². The standard InChI is InChI=1S/C31H32N8O2/c32-25-14-8-16-37(20-25)31-36-28-27(38(31)19-23-11-5-2-6-12-23)29(41)39(21-26(40)24-13-7-15-33-18-24)30(35-28)34-17-22-9-3-1-4-10-22/h1-7,9-13,15,18,25H,8,14,16-17,19-21,32H2,(H,34,35). The highest BCUT2D eigenvalue weighted by Crippen LogP contribution is 2.25. The van der Waals surface area contributed by atoms with Crippen LogP contribution in [0.5, 0.6) is 0 Å². The minimum absolute atomic E-state index is 0.0264. The molecular weight excluding hydrogens is 516 g/mol. The summed E-state index contributed by atoms with van der Waals surface area (Å²) in [6.07, 6.45) is 5.01. The molecule has 1 atom stereocenters. The Kier molecular flexibility index (Phi) is 7.55. The molecule has 0 saturated carbocycles. The number of benzene rings is 2. The molecule has 1 unspecified atom stereocenters.